The van der Waals surface area contributed by atoms with Crippen LogP contribution in [0.2, 0.25) is 5.15 Å². The van der Waals surface area contributed by atoms with Crippen LogP contribution in [0.25, 0.3) is 11.3 Å². The van der Waals surface area contributed by atoms with Crippen LogP contribution in [-0.4, -0.2) is 27.7 Å². The molecule has 0 spiro atoms. The highest BCUT2D eigenvalue weighted by atomic mass is 35.5. The van der Waals surface area contributed by atoms with Crippen LogP contribution in [0.1, 0.15) is 16.6 Å². The minimum Gasteiger partial charge on any atom is -0.345 e. The molecule has 0 aromatic carbocycles. The molecule has 0 unspecified atom stereocenters. The molecule has 0 aliphatic heterocycles. The van der Waals surface area contributed by atoms with Gasteiger partial charge in [0.1, 0.15) is 10.0 Å². The van der Waals surface area contributed by atoms with E-state index >= 15 is 0 Å². The number of nitrogens with one attached hydrogen (secondary N) is 1. The second kappa shape index (κ2) is 5.80. The predicted octanol–water partition coefficient (Wildman–Crippen LogP) is 3.24. The van der Waals surface area contributed by atoms with Crippen molar-refractivity contribution in [1.82, 2.24) is 14.7 Å². The van der Waals surface area contributed by atoms with Crippen LogP contribution in [0.3, 0.4) is 0 Å². The number of hydrogen-bond donors (Lipinski definition) is 1. The average Bonchev–Trinajstić information content (AvgIpc) is 2.85. The van der Waals surface area contributed by atoms with Gasteiger partial charge in [-0.3, -0.25) is 4.79 Å². The van der Waals surface area contributed by atoms with Crippen molar-refractivity contribution in [3.05, 3.63) is 34.4 Å². The molecule has 8 heteroatoms. The van der Waals surface area contributed by atoms with Crippen molar-refractivity contribution in [3.8, 4) is 11.3 Å². The van der Waals surface area contributed by atoms with E-state index in [1.807, 2.05) is 0 Å². The summed E-state index contributed by atoms with van der Waals surface area (Å²) in [5.74, 6) is -3.51. The maximum Gasteiger partial charge on any atom is 0.263 e. The van der Waals surface area contributed by atoms with E-state index in [0.717, 1.165) is 18.5 Å². The number of nitrogens with zero attached hydrogens (tertiary/aromatic N) is 2. The highest BCUT2D eigenvalue weighted by Gasteiger charge is 2.22. The fourth-order valence-corrected chi connectivity index (χ4v) is 2.15. The van der Waals surface area contributed by atoms with Crippen molar-refractivity contribution in [2.45, 2.75) is 12.8 Å². The number of rotatable bonds is 4. The Morgan fingerprint density at radius 2 is 2.25 bits per heavy atom. The standard InChI is InChI=1S/C12H10ClF2N3OS/c1-12(14,15)6-17-11(19)9-4-8(18-20-9)7-2-3-10(13)16-5-7/h2-5H,6H2,1H3,(H,17,19). The second-order valence-corrected chi connectivity index (χ2v) is 5.39. The fourth-order valence-electron chi connectivity index (χ4n) is 1.37. The highest BCUT2D eigenvalue weighted by molar-refractivity contribution is 7.08. The van der Waals surface area contributed by atoms with Gasteiger partial charge in [0, 0.05) is 18.7 Å². The minimum atomic E-state index is -2.94. The monoisotopic (exact) mass is 317 g/mol. The molecule has 20 heavy (non-hydrogen) atoms. The number of hydrogen-bond acceptors (Lipinski definition) is 4. The van der Waals surface area contributed by atoms with E-state index in [9.17, 15) is 13.6 Å². The number of carbonyl (C=O) groups is 1. The van der Waals surface area contributed by atoms with Crippen LogP contribution >= 0.6 is 23.1 Å². The van der Waals surface area contributed by atoms with Crippen LogP contribution in [0.5, 0.6) is 0 Å². The Hall–Kier alpha value is -1.60. The van der Waals surface area contributed by atoms with Crippen molar-refractivity contribution >= 4 is 29.0 Å². The number of pyridine rings is 1. The van der Waals surface area contributed by atoms with Crippen LogP contribution < -0.4 is 5.32 Å². The van der Waals surface area contributed by atoms with Crippen LogP contribution in [-0.2, 0) is 0 Å². The normalized spacial score (nSPS) is 11.4. The van der Waals surface area contributed by atoms with E-state index in [1.165, 1.54) is 12.3 Å². The van der Waals surface area contributed by atoms with E-state index in [1.54, 1.807) is 12.1 Å². The lowest BCUT2D eigenvalue weighted by Crippen LogP contribution is -2.34. The molecule has 0 aliphatic carbocycles. The maximum atomic E-state index is 12.7. The number of aromatic nitrogens is 2. The Labute approximate surface area is 123 Å². The first-order valence-electron chi connectivity index (χ1n) is 5.60. The van der Waals surface area contributed by atoms with Gasteiger partial charge in [0.05, 0.1) is 12.2 Å². The number of alkyl halides is 2. The molecule has 2 rings (SSSR count). The maximum absolute atomic E-state index is 12.7. The van der Waals surface area contributed by atoms with Crippen molar-refractivity contribution in [2.24, 2.45) is 0 Å². The summed E-state index contributed by atoms with van der Waals surface area (Å²) in [4.78, 5) is 15.9. The van der Waals surface area contributed by atoms with Crippen molar-refractivity contribution in [1.29, 1.82) is 0 Å². The van der Waals surface area contributed by atoms with Gasteiger partial charge in [0.15, 0.2) is 0 Å². The van der Waals surface area contributed by atoms with Gasteiger partial charge < -0.3 is 5.32 Å². The zero-order valence-electron chi connectivity index (χ0n) is 10.4. The van der Waals surface area contributed by atoms with Crippen LogP contribution in [0.15, 0.2) is 24.4 Å². The molecule has 0 radical (unpaired) electrons. The summed E-state index contributed by atoms with van der Waals surface area (Å²) in [6.45, 7) is 0.0341. The predicted molar refractivity (Wildman–Crippen MR) is 73.3 cm³/mol. The second-order valence-electron chi connectivity index (χ2n) is 4.20. The SMILES string of the molecule is CC(F)(F)CNC(=O)c1cc(-c2ccc(Cl)nc2)ns1. The lowest BCUT2D eigenvalue weighted by Gasteiger charge is -2.09. The van der Waals surface area contributed by atoms with Gasteiger partial charge >= 0.3 is 0 Å². The first kappa shape index (κ1) is 14.8. The molecule has 0 bridgehead atoms. The molecule has 1 amide bonds. The topological polar surface area (TPSA) is 54.9 Å². The Balaban J connectivity index is 2.09. The molecule has 106 valence electrons. The molecule has 2 aromatic heterocycles. The Morgan fingerprint density at radius 1 is 1.50 bits per heavy atom. The van der Waals surface area contributed by atoms with Crippen LogP contribution in [0.4, 0.5) is 8.78 Å². The summed E-state index contributed by atoms with van der Waals surface area (Å²) in [5, 5.41) is 2.51. The third-order valence-corrected chi connectivity index (χ3v) is 3.33. The molecule has 0 saturated heterocycles. The third-order valence-electron chi connectivity index (χ3n) is 2.32. The minimum absolute atomic E-state index is 0.263. The molecule has 0 atom stereocenters. The number of carbonyl (C=O) groups excluding carboxylic acids is 1. The molecule has 4 nitrogen and oxygen atoms in total. The summed E-state index contributed by atoms with van der Waals surface area (Å²) in [5.41, 5.74) is 1.25. The van der Waals surface area contributed by atoms with Gasteiger partial charge in [0.25, 0.3) is 11.8 Å². The van der Waals surface area contributed by atoms with Crippen molar-refractivity contribution in [3.63, 3.8) is 0 Å². The zero-order chi connectivity index (χ0) is 14.8. The lowest BCUT2D eigenvalue weighted by molar-refractivity contribution is 0.0221. The summed E-state index contributed by atoms with van der Waals surface area (Å²) < 4.78 is 29.4. The van der Waals surface area contributed by atoms with Crippen molar-refractivity contribution in [2.75, 3.05) is 6.54 Å². The number of halogens is 3. The Bertz CT molecular complexity index is 610. The molecular formula is C12H10ClF2N3OS. The van der Waals surface area contributed by atoms with Gasteiger partial charge in [-0.1, -0.05) is 11.6 Å². The first-order chi connectivity index (χ1) is 9.35. The largest absolute Gasteiger partial charge is 0.345 e. The smallest absolute Gasteiger partial charge is 0.263 e. The molecule has 2 heterocycles. The molecule has 0 aliphatic rings. The third kappa shape index (κ3) is 3.94. The van der Waals surface area contributed by atoms with Gasteiger partial charge in [-0.2, -0.15) is 4.37 Å². The fraction of sp³-hybridized carbons (Fsp3) is 0.250. The quantitative estimate of drug-likeness (QED) is 0.881. The molecule has 0 fully saturated rings. The highest BCUT2D eigenvalue weighted by Crippen LogP contribution is 2.22. The Morgan fingerprint density at radius 3 is 2.85 bits per heavy atom. The van der Waals surface area contributed by atoms with E-state index in [-0.39, 0.29) is 4.88 Å². The molecule has 1 N–H and O–H groups in total. The molecule has 0 saturated carbocycles. The molecule has 2 aromatic rings. The van der Waals surface area contributed by atoms with Gasteiger partial charge in [0.2, 0.25) is 0 Å². The van der Waals surface area contributed by atoms with Gasteiger partial charge in [-0.05, 0) is 29.7 Å². The summed E-state index contributed by atoms with van der Waals surface area (Å²) >= 11 is 6.61. The summed E-state index contributed by atoms with van der Waals surface area (Å²) in [6.07, 6.45) is 1.53. The van der Waals surface area contributed by atoms with Gasteiger partial charge in [-0.25, -0.2) is 13.8 Å². The first-order valence-corrected chi connectivity index (χ1v) is 6.75. The summed E-state index contributed by atoms with van der Waals surface area (Å²) in [7, 11) is 0. The Kier molecular flexibility index (Phi) is 4.29. The zero-order valence-corrected chi connectivity index (χ0v) is 11.9. The average molecular weight is 318 g/mol. The number of amides is 1. The van der Waals surface area contributed by atoms with Gasteiger partial charge in [-0.15, -0.1) is 0 Å². The van der Waals surface area contributed by atoms with E-state index < -0.39 is 18.4 Å². The van der Waals surface area contributed by atoms with E-state index in [0.29, 0.717) is 16.4 Å². The van der Waals surface area contributed by atoms with E-state index in [2.05, 4.69) is 14.7 Å². The van der Waals surface area contributed by atoms with Crippen LogP contribution in [0, 0.1) is 0 Å². The summed E-state index contributed by atoms with van der Waals surface area (Å²) in [6, 6.07) is 4.85. The van der Waals surface area contributed by atoms with Crippen molar-refractivity contribution < 1.29 is 13.6 Å². The van der Waals surface area contributed by atoms with E-state index in [4.69, 9.17) is 11.6 Å². The molecular weight excluding hydrogens is 308 g/mol. The lowest BCUT2D eigenvalue weighted by atomic mass is 10.2.